The largest absolute Gasteiger partial charge is 0.571 e. The van der Waals surface area contributed by atoms with Crippen LogP contribution in [0.1, 0.15) is 11.1 Å². The van der Waals surface area contributed by atoms with Gasteiger partial charge in [0.15, 0.2) is 0 Å². The van der Waals surface area contributed by atoms with Gasteiger partial charge < -0.3 is 14.5 Å². The average Bonchev–Trinajstić information content (AvgIpc) is 2.82. The van der Waals surface area contributed by atoms with Gasteiger partial charge in [-0.05, 0) is 12.1 Å². The second-order valence-electron chi connectivity index (χ2n) is 3.06. The summed E-state index contributed by atoms with van der Waals surface area (Å²) in [5.41, 5.74) is 0.876. The summed E-state index contributed by atoms with van der Waals surface area (Å²) in [6, 6.07) is 7.70. The van der Waals surface area contributed by atoms with Gasteiger partial charge in [0, 0.05) is 6.40 Å². The lowest BCUT2D eigenvalue weighted by Crippen LogP contribution is -2.05. The number of rotatable bonds is 1. The van der Waals surface area contributed by atoms with Crippen molar-refractivity contribution in [3.8, 4) is 0 Å². The molecular formula is C10H5N2O2S-. The lowest BCUT2D eigenvalue weighted by atomic mass is 10.3. The first-order valence-corrected chi connectivity index (χ1v) is 5.17. The number of aliphatic imine (C=N–C) groups is 1. The molecule has 0 aliphatic carbocycles. The number of benzene rings is 1. The number of para-hydroxylation sites is 1. The Kier molecular flexibility index (Phi) is 1.78. The number of hydrogen-bond donors (Lipinski definition) is 0. The second-order valence-corrected chi connectivity index (χ2v) is 4.12. The van der Waals surface area contributed by atoms with E-state index in [0.29, 0.717) is 5.01 Å². The molecule has 1 aromatic carbocycles. The number of nitrogens with zero attached hydrogens (tertiary/aromatic N) is 2. The monoisotopic (exact) mass is 217 g/mol. The molecule has 0 spiro atoms. The third-order valence-electron chi connectivity index (χ3n) is 2.09. The van der Waals surface area contributed by atoms with Crippen LogP contribution in [-0.4, -0.2) is 17.3 Å². The standard InChI is InChI=1S/C10H5N2O2S/c13-9-8(14-5-11-9)10-12-6-3-1-2-4-7(6)15-10/h1-4,8H/q-1. The van der Waals surface area contributed by atoms with E-state index in [1.165, 1.54) is 11.3 Å². The van der Waals surface area contributed by atoms with Crippen molar-refractivity contribution in [2.45, 2.75) is 6.10 Å². The molecule has 0 bridgehead atoms. The molecule has 15 heavy (non-hydrogen) atoms. The molecule has 1 aromatic heterocycles. The number of fused-ring (bicyclic) bond motifs is 1. The summed E-state index contributed by atoms with van der Waals surface area (Å²) >= 11 is 1.44. The van der Waals surface area contributed by atoms with Crippen LogP contribution in [0.3, 0.4) is 0 Å². The Morgan fingerprint density at radius 1 is 1.40 bits per heavy atom. The summed E-state index contributed by atoms with van der Waals surface area (Å²) in [6.07, 6.45) is 1.51. The van der Waals surface area contributed by atoms with E-state index in [-0.39, 0.29) is 5.91 Å². The minimum absolute atomic E-state index is 0.339. The Bertz CT molecular complexity index is 528. The van der Waals surface area contributed by atoms with Crippen LogP contribution in [-0.2, 0) is 9.53 Å². The summed E-state index contributed by atoms with van der Waals surface area (Å²) in [7, 11) is 0. The molecule has 1 atom stereocenters. The molecule has 1 aliphatic heterocycles. The van der Waals surface area contributed by atoms with Crippen molar-refractivity contribution < 1.29 is 9.53 Å². The topological polar surface area (TPSA) is 51.5 Å². The number of carbonyl (C=O) groups excluding carboxylic acids is 1. The van der Waals surface area contributed by atoms with E-state index in [2.05, 4.69) is 16.4 Å². The summed E-state index contributed by atoms with van der Waals surface area (Å²) in [6.45, 7) is 0. The Morgan fingerprint density at radius 3 is 3.00 bits per heavy atom. The van der Waals surface area contributed by atoms with Gasteiger partial charge in [-0.3, -0.25) is 0 Å². The van der Waals surface area contributed by atoms with E-state index in [4.69, 9.17) is 4.74 Å². The van der Waals surface area contributed by atoms with Gasteiger partial charge in [-0.1, -0.05) is 12.1 Å². The maximum Gasteiger partial charge on any atom is 0.140 e. The Morgan fingerprint density at radius 2 is 2.27 bits per heavy atom. The van der Waals surface area contributed by atoms with E-state index in [1.54, 1.807) is 0 Å². The van der Waals surface area contributed by atoms with Crippen molar-refractivity contribution in [1.82, 2.24) is 4.98 Å². The molecular weight excluding hydrogens is 212 g/mol. The lowest BCUT2D eigenvalue weighted by molar-refractivity contribution is -0.122. The fraction of sp³-hybridized carbons (Fsp3) is 0.100. The van der Waals surface area contributed by atoms with Gasteiger partial charge in [0.05, 0.1) is 10.2 Å². The molecule has 0 radical (unpaired) electrons. The Labute approximate surface area is 89.2 Å². The highest BCUT2D eigenvalue weighted by Gasteiger charge is 2.19. The molecule has 5 heteroatoms. The SMILES string of the molecule is O=C1N=[C-]OC1c1nc2ccccc2s1. The second kappa shape index (κ2) is 3.13. The van der Waals surface area contributed by atoms with Crippen LogP contribution in [0.15, 0.2) is 29.3 Å². The summed E-state index contributed by atoms with van der Waals surface area (Å²) < 4.78 is 6.00. The number of amides is 1. The van der Waals surface area contributed by atoms with Crippen LogP contribution in [0.5, 0.6) is 0 Å². The maximum absolute atomic E-state index is 11.3. The average molecular weight is 217 g/mol. The van der Waals surface area contributed by atoms with Crippen molar-refractivity contribution in [2.24, 2.45) is 4.99 Å². The first kappa shape index (κ1) is 8.55. The Balaban J connectivity index is 2.08. The number of thiazole rings is 1. The highest BCUT2D eigenvalue weighted by atomic mass is 32.1. The molecule has 1 amide bonds. The molecule has 2 heterocycles. The van der Waals surface area contributed by atoms with Gasteiger partial charge in [-0.25, -0.2) is 4.98 Å². The minimum Gasteiger partial charge on any atom is -0.571 e. The van der Waals surface area contributed by atoms with Crippen LogP contribution in [0, 0.1) is 0 Å². The summed E-state index contributed by atoms with van der Waals surface area (Å²) in [4.78, 5) is 19.0. The molecule has 1 aliphatic rings. The van der Waals surface area contributed by atoms with Gasteiger partial charge in [0.1, 0.15) is 17.0 Å². The third-order valence-corrected chi connectivity index (χ3v) is 3.17. The van der Waals surface area contributed by atoms with Gasteiger partial charge in [-0.2, -0.15) is 0 Å². The predicted molar refractivity (Wildman–Crippen MR) is 55.9 cm³/mol. The molecule has 3 rings (SSSR count). The first-order chi connectivity index (χ1) is 7.34. The normalized spacial score (nSPS) is 19.7. The van der Waals surface area contributed by atoms with Gasteiger partial charge in [0.2, 0.25) is 0 Å². The number of aromatic nitrogens is 1. The zero-order valence-corrected chi connectivity index (χ0v) is 8.32. The highest BCUT2D eigenvalue weighted by molar-refractivity contribution is 7.18. The van der Waals surface area contributed by atoms with E-state index < -0.39 is 6.10 Å². The molecule has 0 saturated carbocycles. The smallest absolute Gasteiger partial charge is 0.140 e. The van der Waals surface area contributed by atoms with E-state index >= 15 is 0 Å². The van der Waals surface area contributed by atoms with Crippen LogP contribution >= 0.6 is 11.3 Å². The van der Waals surface area contributed by atoms with Crippen LogP contribution in [0.25, 0.3) is 10.2 Å². The van der Waals surface area contributed by atoms with Crippen molar-refractivity contribution in [2.75, 3.05) is 0 Å². The van der Waals surface area contributed by atoms with E-state index in [9.17, 15) is 4.79 Å². The number of hydrogen-bond acceptors (Lipinski definition) is 4. The summed E-state index contributed by atoms with van der Waals surface area (Å²) in [5.74, 6) is -0.339. The molecule has 0 saturated heterocycles. The Hall–Kier alpha value is -1.75. The van der Waals surface area contributed by atoms with Crippen molar-refractivity contribution in [1.29, 1.82) is 0 Å². The maximum atomic E-state index is 11.3. The third kappa shape index (κ3) is 1.32. The fourth-order valence-corrected chi connectivity index (χ4v) is 2.38. The quantitative estimate of drug-likeness (QED) is 0.684. The van der Waals surface area contributed by atoms with E-state index in [0.717, 1.165) is 10.2 Å². The van der Waals surface area contributed by atoms with Crippen LogP contribution in [0.4, 0.5) is 0 Å². The molecule has 0 N–H and O–H groups in total. The fourth-order valence-electron chi connectivity index (χ4n) is 1.39. The summed E-state index contributed by atoms with van der Waals surface area (Å²) in [5, 5.41) is 0.634. The molecule has 74 valence electrons. The molecule has 0 fully saturated rings. The van der Waals surface area contributed by atoms with Crippen LogP contribution < -0.4 is 0 Å². The lowest BCUT2D eigenvalue weighted by Gasteiger charge is -2.09. The van der Waals surface area contributed by atoms with Crippen molar-refractivity contribution >= 4 is 33.9 Å². The molecule has 1 unspecified atom stereocenters. The highest BCUT2D eigenvalue weighted by Crippen LogP contribution is 2.30. The van der Waals surface area contributed by atoms with Crippen molar-refractivity contribution in [3.05, 3.63) is 29.3 Å². The minimum atomic E-state index is -0.692. The van der Waals surface area contributed by atoms with Crippen LogP contribution in [0.2, 0.25) is 0 Å². The first-order valence-electron chi connectivity index (χ1n) is 4.35. The zero-order valence-electron chi connectivity index (χ0n) is 7.51. The van der Waals surface area contributed by atoms with Crippen molar-refractivity contribution in [3.63, 3.8) is 0 Å². The molecule has 4 nitrogen and oxygen atoms in total. The van der Waals surface area contributed by atoms with Gasteiger partial charge >= 0.3 is 0 Å². The predicted octanol–water partition coefficient (Wildman–Crippen LogP) is 1.80. The van der Waals surface area contributed by atoms with Gasteiger partial charge in [0.25, 0.3) is 0 Å². The molecule has 2 aromatic rings. The van der Waals surface area contributed by atoms with E-state index in [1.807, 2.05) is 24.3 Å². The van der Waals surface area contributed by atoms with Gasteiger partial charge in [-0.15, -0.1) is 11.3 Å². The zero-order chi connectivity index (χ0) is 10.3. The number of ether oxygens (including phenoxy) is 1. The number of carbonyl (C=O) groups is 1.